The van der Waals surface area contributed by atoms with Gasteiger partial charge in [0.15, 0.2) is 0 Å². The molecule has 6 nitrogen and oxygen atoms in total. The van der Waals surface area contributed by atoms with E-state index in [1.165, 1.54) is 27.3 Å². The SMILES string of the molecule is CCOC(=O)c1c(NC(=O)CN2CCN(C(c3ccccc3)c3ccccc3)CC2)sc2c1CCC2. The summed E-state index contributed by atoms with van der Waals surface area (Å²) in [6, 6.07) is 21.4. The highest BCUT2D eigenvalue weighted by Crippen LogP contribution is 2.39. The average Bonchev–Trinajstić information content (AvgIpc) is 3.47. The molecule has 36 heavy (non-hydrogen) atoms. The smallest absolute Gasteiger partial charge is 0.341 e. The van der Waals surface area contributed by atoms with E-state index in [-0.39, 0.29) is 17.9 Å². The van der Waals surface area contributed by atoms with E-state index in [9.17, 15) is 9.59 Å². The first-order chi connectivity index (χ1) is 17.6. The van der Waals surface area contributed by atoms with Crippen molar-refractivity contribution in [3.05, 3.63) is 87.8 Å². The number of carbonyl (C=O) groups is 2. The topological polar surface area (TPSA) is 61.9 Å². The largest absolute Gasteiger partial charge is 0.462 e. The molecule has 1 amide bonds. The van der Waals surface area contributed by atoms with E-state index in [0.29, 0.717) is 23.7 Å². The zero-order chi connectivity index (χ0) is 24.9. The third kappa shape index (κ3) is 5.38. The van der Waals surface area contributed by atoms with Gasteiger partial charge in [-0.3, -0.25) is 14.6 Å². The summed E-state index contributed by atoms with van der Waals surface area (Å²) < 4.78 is 5.29. The quantitative estimate of drug-likeness (QED) is 0.449. The van der Waals surface area contributed by atoms with Crippen LogP contribution in [0.3, 0.4) is 0 Å². The number of anilines is 1. The Balaban J connectivity index is 1.22. The van der Waals surface area contributed by atoms with Crippen molar-refractivity contribution in [3.63, 3.8) is 0 Å². The minimum absolute atomic E-state index is 0.0726. The lowest BCUT2D eigenvalue weighted by Gasteiger charge is -2.39. The van der Waals surface area contributed by atoms with Gasteiger partial charge in [0.05, 0.1) is 24.8 Å². The molecule has 2 aromatic carbocycles. The zero-order valence-electron chi connectivity index (χ0n) is 20.7. The number of esters is 1. The fourth-order valence-electron chi connectivity index (χ4n) is 5.35. The Hall–Kier alpha value is -3.00. The number of hydrogen-bond acceptors (Lipinski definition) is 6. The number of thiophene rings is 1. The first-order valence-electron chi connectivity index (χ1n) is 12.8. The van der Waals surface area contributed by atoms with E-state index in [2.05, 4.69) is 75.8 Å². The molecule has 0 bridgehead atoms. The van der Waals surface area contributed by atoms with Crippen LogP contribution in [0.1, 0.15) is 51.3 Å². The van der Waals surface area contributed by atoms with Crippen LogP contribution in [-0.4, -0.2) is 61.0 Å². The van der Waals surface area contributed by atoms with Crippen LogP contribution in [0.4, 0.5) is 5.00 Å². The molecule has 3 aromatic rings. The Morgan fingerprint density at radius 2 is 1.58 bits per heavy atom. The van der Waals surface area contributed by atoms with Gasteiger partial charge in [-0.25, -0.2) is 4.79 Å². The molecule has 1 aliphatic heterocycles. The molecule has 1 aromatic heterocycles. The van der Waals surface area contributed by atoms with E-state index >= 15 is 0 Å². The molecule has 0 saturated carbocycles. The standard InChI is InChI=1S/C29H33N3O3S/c1-2-35-29(34)26-23-14-9-15-24(23)36-28(26)30-25(33)20-31-16-18-32(19-17-31)27(21-10-5-3-6-11-21)22-12-7-4-8-13-22/h3-8,10-13,27H,2,9,14-20H2,1H3,(H,30,33). The number of benzene rings is 2. The van der Waals surface area contributed by atoms with Gasteiger partial charge in [-0.05, 0) is 42.9 Å². The minimum Gasteiger partial charge on any atom is -0.462 e. The number of carbonyl (C=O) groups excluding carboxylic acids is 2. The second-order valence-corrected chi connectivity index (χ2v) is 10.5. The van der Waals surface area contributed by atoms with Crippen LogP contribution in [0, 0.1) is 0 Å². The zero-order valence-corrected chi connectivity index (χ0v) is 21.6. The lowest BCUT2D eigenvalue weighted by Crippen LogP contribution is -2.49. The van der Waals surface area contributed by atoms with Crippen molar-refractivity contribution in [2.45, 2.75) is 32.2 Å². The van der Waals surface area contributed by atoms with E-state index < -0.39 is 0 Å². The van der Waals surface area contributed by atoms with Crippen LogP contribution in [0.15, 0.2) is 60.7 Å². The van der Waals surface area contributed by atoms with E-state index in [4.69, 9.17) is 4.74 Å². The maximum atomic E-state index is 13.0. The van der Waals surface area contributed by atoms with E-state index in [1.54, 1.807) is 0 Å². The van der Waals surface area contributed by atoms with E-state index in [0.717, 1.165) is 51.0 Å². The highest BCUT2D eigenvalue weighted by Gasteiger charge is 2.30. The second-order valence-electron chi connectivity index (χ2n) is 9.37. The maximum absolute atomic E-state index is 13.0. The number of amides is 1. The van der Waals surface area contributed by atoms with Crippen LogP contribution in [-0.2, 0) is 22.4 Å². The van der Waals surface area contributed by atoms with Gasteiger partial charge in [-0.2, -0.15) is 0 Å². The van der Waals surface area contributed by atoms with Gasteiger partial charge in [-0.1, -0.05) is 60.7 Å². The number of ether oxygens (including phenoxy) is 1. The molecular formula is C29H33N3O3S. The number of hydrogen-bond donors (Lipinski definition) is 1. The predicted molar refractivity (Wildman–Crippen MR) is 144 cm³/mol. The van der Waals surface area contributed by atoms with Crippen molar-refractivity contribution in [1.82, 2.24) is 9.80 Å². The summed E-state index contributed by atoms with van der Waals surface area (Å²) in [7, 11) is 0. The number of aryl methyl sites for hydroxylation is 1. The van der Waals surface area contributed by atoms with Crippen LogP contribution in [0.25, 0.3) is 0 Å². The summed E-state index contributed by atoms with van der Waals surface area (Å²) >= 11 is 1.53. The number of rotatable bonds is 8. The highest BCUT2D eigenvalue weighted by atomic mass is 32.1. The van der Waals surface area contributed by atoms with Gasteiger partial charge >= 0.3 is 5.97 Å². The summed E-state index contributed by atoms with van der Waals surface area (Å²) in [6.45, 7) is 5.84. The van der Waals surface area contributed by atoms with Gasteiger partial charge in [0, 0.05) is 31.1 Å². The normalized spacial score (nSPS) is 16.2. The van der Waals surface area contributed by atoms with Crippen molar-refractivity contribution in [2.24, 2.45) is 0 Å². The molecule has 1 saturated heterocycles. The number of nitrogens with zero attached hydrogens (tertiary/aromatic N) is 2. The monoisotopic (exact) mass is 503 g/mol. The Labute approximate surface area is 216 Å². The highest BCUT2D eigenvalue weighted by molar-refractivity contribution is 7.17. The summed E-state index contributed by atoms with van der Waals surface area (Å²) in [4.78, 5) is 31.5. The third-order valence-corrected chi connectivity index (χ3v) is 8.23. The fourth-order valence-corrected chi connectivity index (χ4v) is 6.64. The van der Waals surface area contributed by atoms with Crippen molar-refractivity contribution >= 4 is 28.2 Å². The molecule has 1 N–H and O–H groups in total. The molecular weight excluding hydrogens is 470 g/mol. The first-order valence-corrected chi connectivity index (χ1v) is 13.6. The molecule has 1 fully saturated rings. The molecule has 5 rings (SSSR count). The second kappa shape index (κ2) is 11.4. The lowest BCUT2D eigenvalue weighted by molar-refractivity contribution is -0.117. The van der Waals surface area contributed by atoms with Gasteiger partial charge < -0.3 is 10.1 Å². The van der Waals surface area contributed by atoms with Crippen molar-refractivity contribution in [3.8, 4) is 0 Å². The Morgan fingerprint density at radius 1 is 0.944 bits per heavy atom. The summed E-state index contributed by atoms with van der Waals surface area (Å²) in [5.41, 5.74) is 4.20. The molecule has 0 spiro atoms. The summed E-state index contributed by atoms with van der Waals surface area (Å²) in [5, 5.41) is 3.68. The minimum atomic E-state index is -0.325. The van der Waals surface area contributed by atoms with Gasteiger partial charge in [0.25, 0.3) is 0 Å². The van der Waals surface area contributed by atoms with Crippen LogP contribution in [0.5, 0.6) is 0 Å². The van der Waals surface area contributed by atoms with Gasteiger partial charge in [0.1, 0.15) is 5.00 Å². The number of fused-ring (bicyclic) bond motifs is 1. The molecule has 7 heteroatoms. The maximum Gasteiger partial charge on any atom is 0.341 e. The van der Waals surface area contributed by atoms with Crippen LogP contribution in [0.2, 0.25) is 0 Å². The molecule has 2 heterocycles. The van der Waals surface area contributed by atoms with Crippen molar-refractivity contribution < 1.29 is 14.3 Å². The fraction of sp³-hybridized carbons (Fsp3) is 0.379. The first kappa shape index (κ1) is 24.7. The van der Waals surface area contributed by atoms with Crippen LogP contribution >= 0.6 is 11.3 Å². The third-order valence-electron chi connectivity index (χ3n) is 7.02. The molecule has 2 aliphatic rings. The Kier molecular flexibility index (Phi) is 7.80. The Morgan fingerprint density at radius 3 is 2.19 bits per heavy atom. The van der Waals surface area contributed by atoms with Crippen molar-refractivity contribution in [1.29, 1.82) is 0 Å². The molecule has 0 radical (unpaired) electrons. The van der Waals surface area contributed by atoms with Gasteiger partial charge in [-0.15, -0.1) is 11.3 Å². The lowest BCUT2D eigenvalue weighted by atomic mass is 9.96. The molecule has 1 aliphatic carbocycles. The number of nitrogens with one attached hydrogen (secondary N) is 1. The molecule has 0 atom stereocenters. The Bertz CT molecular complexity index is 1150. The van der Waals surface area contributed by atoms with Crippen molar-refractivity contribution in [2.75, 3.05) is 44.6 Å². The summed E-state index contributed by atoms with van der Waals surface area (Å²) in [5.74, 6) is -0.398. The van der Waals surface area contributed by atoms with E-state index in [1.807, 2.05) is 6.92 Å². The molecule has 188 valence electrons. The molecule has 0 unspecified atom stereocenters. The summed E-state index contributed by atoms with van der Waals surface area (Å²) in [6.07, 6.45) is 2.90. The van der Waals surface area contributed by atoms with Crippen LogP contribution < -0.4 is 5.32 Å². The van der Waals surface area contributed by atoms with Gasteiger partial charge in [0.2, 0.25) is 5.91 Å². The predicted octanol–water partition coefficient (Wildman–Crippen LogP) is 4.76. The number of piperazine rings is 1. The average molecular weight is 504 g/mol.